The van der Waals surface area contributed by atoms with Crippen molar-refractivity contribution in [2.75, 3.05) is 13.7 Å². The number of carbonyl (C=O) groups is 1. The summed E-state index contributed by atoms with van der Waals surface area (Å²) in [6.07, 6.45) is -18.6. The molecule has 0 aliphatic carbocycles. The van der Waals surface area contributed by atoms with E-state index in [0.29, 0.717) is 18.2 Å². The Morgan fingerprint density at radius 1 is 0.865 bits per heavy atom. The first-order valence-electron chi connectivity index (χ1n) is 15.8. The molecule has 17 heteroatoms. The van der Waals surface area contributed by atoms with E-state index in [9.17, 15) is 44.3 Å². The third kappa shape index (κ3) is 9.02. The van der Waals surface area contributed by atoms with Crippen LogP contribution in [0.5, 0.6) is 11.5 Å². The van der Waals surface area contributed by atoms with E-state index >= 15 is 4.39 Å². The summed E-state index contributed by atoms with van der Waals surface area (Å²) in [5.74, 6) is -1.74. The average molecular weight is 753 g/mol. The van der Waals surface area contributed by atoms with E-state index in [0.717, 1.165) is 23.1 Å². The largest absolute Gasteiger partial charge is 0.496 e. The van der Waals surface area contributed by atoms with Crippen LogP contribution < -0.4 is 9.47 Å². The number of ether oxygens (including phenoxy) is 4. The molecule has 1 aliphatic heterocycles. The lowest BCUT2D eigenvalue weighted by Crippen LogP contribution is -2.32. The van der Waals surface area contributed by atoms with Gasteiger partial charge in [0.15, 0.2) is 17.5 Å². The topological polar surface area (TPSA) is 81.1 Å². The molecular formula is C35H34F10N2O5. The van der Waals surface area contributed by atoms with Crippen LogP contribution in [-0.4, -0.2) is 42.8 Å². The molecule has 1 heterocycles. The fourth-order valence-corrected chi connectivity index (χ4v) is 5.82. The van der Waals surface area contributed by atoms with Gasteiger partial charge >= 0.3 is 24.6 Å². The molecule has 3 aromatic carbocycles. The molecule has 1 N–H and O–H groups in total. The molecule has 4 atom stereocenters. The van der Waals surface area contributed by atoms with E-state index < -0.39 is 83.4 Å². The van der Waals surface area contributed by atoms with Crippen LogP contribution in [0.2, 0.25) is 0 Å². The molecule has 1 saturated heterocycles. The van der Waals surface area contributed by atoms with E-state index in [2.05, 4.69) is 0 Å². The predicted octanol–water partition coefficient (Wildman–Crippen LogP) is 10.4. The second-order valence-corrected chi connectivity index (χ2v) is 12.2. The Balaban J connectivity index is 1.76. The number of methoxy groups -OCH3 is 1. The normalized spacial score (nSPS) is 17.8. The molecule has 0 saturated carbocycles. The van der Waals surface area contributed by atoms with Gasteiger partial charge in [-0.15, -0.1) is 0 Å². The highest BCUT2D eigenvalue weighted by Gasteiger charge is 2.44. The molecule has 284 valence electrons. The second-order valence-electron chi connectivity index (χ2n) is 12.2. The van der Waals surface area contributed by atoms with E-state index in [-0.39, 0.29) is 53.2 Å². The number of cyclic esters (lactones) is 1. The smallest absolute Gasteiger partial charge is 0.416 e. The fourth-order valence-electron chi connectivity index (χ4n) is 5.82. The van der Waals surface area contributed by atoms with Crippen LogP contribution in [0.1, 0.15) is 68.0 Å². The zero-order chi connectivity index (χ0) is 38.9. The van der Waals surface area contributed by atoms with Crippen LogP contribution >= 0.6 is 0 Å². The maximum absolute atomic E-state index is 15.2. The molecule has 1 aliphatic rings. The highest BCUT2D eigenvalue weighted by Crippen LogP contribution is 2.44. The zero-order valence-corrected chi connectivity index (χ0v) is 28.3. The van der Waals surface area contributed by atoms with Crippen molar-refractivity contribution >= 4 is 12.0 Å². The van der Waals surface area contributed by atoms with Gasteiger partial charge in [0.1, 0.15) is 11.9 Å². The van der Waals surface area contributed by atoms with Crippen molar-refractivity contribution in [1.29, 1.82) is 5.41 Å². The highest BCUT2D eigenvalue weighted by atomic mass is 19.4. The number of amides is 1. The van der Waals surface area contributed by atoms with E-state index in [4.69, 9.17) is 24.4 Å². The Morgan fingerprint density at radius 2 is 1.46 bits per heavy atom. The van der Waals surface area contributed by atoms with E-state index in [1.807, 2.05) is 0 Å². The lowest BCUT2D eigenvalue weighted by Gasteiger charge is -2.25. The molecule has 1 fully saturated rings. The van der Waals surface area contributed by atoms with Gasteiger partial charge in [0.25, 0.3) is 0 Å². The van der Waals surface area contributed by atoms with Crippen molar-refractivity contribution in [3.8, 4) is 22.6 Å². The van der Waals surface area contributed by atoms with Crippen molar-refractivity contribution in [3.63, 3.8) is 0 Å². The monoisotopic (exact) mass is 752 g/mol. The third-order valence-electron chi connectivity index (χ3n) is 8.41. The summed E-state index contributed by atoms with van der Waals surface area (Å²) in [7, 11) is 1.18. The van der Waals surface area contributed by atoms with Crippen LogP contribution in [0.25, 0.3) is 11.1 Å². The quantitative estimate of drug-likeness (QED) is 0.120. The van der Waals surface area contributed by atoms with E-state index in [1.54, 1.807) is 20.8 Å². The Kier molecular flexibility index (Phi) is 11.6. The van der Waals surface area contributed by atoms with Gasteiger partial charge in [-0.25, -0.2) is 9.18 Å². The lowest BCUT2D eigenvalue weighted by atomic mass is 9.94. The zero-order valence-electron chi connectivity index (χ0n) is 28.3. The van der Waals surface area contributed by atoms with Crippen molar-refractivity contribution in [3.05, 3.63) is 82.2 Å². The van der Waals surface area contributed by atoms with Crippen LogP contribution in [0.4, 0.5) is 48.7 Å². The number of alkyl halides is 9. The van der Waals surface area contributed by atoms with Crippen LogP contribution in [0.15, 0.2) is 48.5 Å². The van der Waals surface area contributed by atoms with Gasteiger partial charge in [0.05, 0.1) is 49.1 Å². The lowest BCUT2D eigenvalue weighted by molar-refractivity contribution is -0.143. The fraction of sp³-hybridized carbons (Fsp3) is 0.429. The number of hydrogen-bond acceptors (Lipinski definition) is 6. The first-order chi connectivity index (χ1) is 24.0. The van der Waals surface area contributed by atoms with Gasteiger partial charge in [-0.1, -0.05) is 13.0 Å². The minimum absolute atomic E-state index is 0.00556. The number of nitrogens with one attached hydrogen (secondary N) is 1. The minimum atomic E-state index is -5.19. The van der Waals surface area contributed by atoms with Gasteiger partial charge in [-0.05, 0) is 80.3 Å². The minimum Gasteiger partial charge on any atom is -0.496 e. The molecule has 0 spiro atoms. The number of carbonyl (C=O) groups excluding carboxylic acids is 1. The predicted molar refractivity (Wildman–Crippen MR) is 167 cm³/mol. The Labute approximate surface area is 291 Å². The molecule has 0 bridgehead atoms. The SMILES string of the molecule is CCOC(=N)C(C)CC(C)Oc1cc(-c2ccc(C(F)(F)F)cc2CN2C(=O)OC(c3cc(C(F)(F)F)cc(C(F)(F)F)c3)[C@@H]2C)c(OC)cc1F. The maximum atomic E-state index is 15.2. The Morgan fingerprint density at radius 3 is 2.00 bits per heavy atom. The van der Waals surface area contributed by atoms with E-state index in [1.165, 1.54) is 20.1 Å². The maximum Gasteiger partial charge on any atom is 0.416 e. The molecule has 3 unspecified atom stereocenters. The number of hydrogen-bond donors (Lipinski definition) is 1. The summed E-state index contributed by atoms with van der Waals surface area (Å²) in [4.78, 5) is 14.0. The van der Waals surface area contributed by atoms with Gasteiger partial charge in [0, 0.05) is 17.5 Å². The van der Waals surface area contributed by atoms with Crippen molar-refractivity contribution in [2.24, 2.45) is 5.92 Å². The standard InChI is InChI=1S/C35H34F10N2O5/c1-6-50-31(46)17(2)9-18(3)51-29-14-26(28(49-5)15-27(29)36)25-8-7-22(33(37,38)39)12-21(25)16-47-19(4)30(52-32(47)48)20-10-23(34(40,41)42)13-24(11-20)35(43,44)45/h7-8,10-15,17-19,30,46H,6,9,16H2,1-5H3/t17?,18?,19-,30?/m0/s1. The van der Waals surface area contributed by atoms with Gasteiger partial charge < -0.3 is 18.9 Å². The summed E-state index contributed by atoms with van der Waals surface area (Å²) >= 11 is 0. The number of benzene rings is 3. The summed E-state index contributed by atoms with van der Waals surface area (Å²) in [6.45, 7) is 5.89. The summed E-state index contributed by atoms with van der Waals surface area (Å²) in [6, 6.07) is 4.10. The van der Waals surface area contributed by atoms with Gasteiger partial charge in [-0.2, -0.15) is 39.5 Å². The van der Waals surface area contributed by atoms with Crippen molar-refractivity contribution in [1.82, 2.24) is 4.90 Å². The number of nitrogens with zero attached hydrogens (tertiary/aromatic N) is 1. The molecule has 52 heavy (non-hydrogen) atoms. The first kappa shape index (κ1) is 40.1. The average Bonchev–Trinajstić information content (AvgIpc) is 3.32. The molecule has 1 amide bonds. The Hall–Kier alpha value is -4.70. The number of halogens is 10. The summed E-state index contributed by atoms with van der Waals surface area (Å²) < 4.78 is 160. The second kappa shape index (κ2) is 15.1. The molecule has 7 nitrogen and oxygen atoms in total. The summed E-state index contributed by atoms with van der Waals surface area (Å²) in [5, 5.41) is 7.97. The van der Waals surface area contributed by atoms with Crippen LogP contribution in [-0.2, 0) is 34.5 Å². The van der Waals surface area contributed by atoms with Crippen LogP contribution in [0, 0.1) is 17.1 Å². The molecule has 0 aromatic heterocycles. The van der Waals surface area contributed by atoms with Crippen LogP contribution in [0.3, 0.4) is 0 Å². The summed E-state index contributed by atoms with van der Waals surface area (Å²) in [5.41, 5.74) is -5.20. The van der Waals surface area contributed by atoms with Crippen molar-refractivity contribution < 1.29 is 67.6 Å². The molecular weight excluding hydrogens is 718 g/mol. The molecule has 4 rings (SSSR count). The first-order valence-corrected chi connectivity index (χ1v) is 15.8. The number of rotatable bonds is 11. The Bertz CT molecular complexity index is 1760. The highest BCUT2D eigenvalue weighted by molar-refractivity contribution is 5.77. The molecule has 3 aromatic rings. The molecule has 0 radical (unpaired) electrons. The van der Waals surface area contributed by atoms with Gasteiger partial charge in [-0.3, -0.25) is 10.3 Å². The van der Waals surface area contributed by atoms with Gasteiger partial charge in [0.2, 0.25) is 0 Å². The van der Waals surface area contributed by atoms with Crippen molar-refractivity contribution in [2.45, 2.75) is 77.4 Å². The third-order valence-corrected chi connectivity index (χ3v) is 8.41.